The molecule has 1 aliphatic rings. The average Bonchev–Trinajstić information content (AvgIpc) is 3.20. The number of nitrogens with one attached hydrogen (secondary N) is 2. The molecule has 1 saturated heterocycles. The molecule has 0 bridgehead atoms. The monoisotopic (exact) mass is 328 g/mol. The van der Waals surface area contributed by atoms with Gasteiger partial charge in [0, 0.05) is 17.9 Å². The Morgan fingerprint density at radius 3 is 2.83 bits per heavy atom. The van der Waals surface area contributed by atoms with E-state index in [9.17, 15) is 9.59 Å². The number of rotatable bonds is 6. The van der Waals surface area contributed by atoms with Crippen molar-refractivity contribution in [3.05, 3.63) is 47.3 Å². The number of aryl methyl sites for hydroxylation is 1. The molecule has 0 radical (unpaired) electrons. The number of hydrogen-bond acceptors (Lipinski definition) is 4. The first-order chi connectivity index (χ1) is 11.7. The van der Waals surface area contributed by atoms with Crippen LogP contribution in [0.3, 0.4) is 0 Å². The second kappa shape index (κ2) is 7.16. The van der Waals surface area contributed by atoms with Gasteiger partial charge in [0.05, 0.1) is 6.54 Å². The van der Waals surface area contributed by atoms with Gasteiger partial charge in [0.15, 0.2) is 5.69 Å². The molecule has 3 rings (SSSR count). The van der Waals surface area contributed by atoms with Gasteiger partial charge in [-0.1, -0.05) is 25.5 Å². The van der Waals surface area contributed by atoms with E-state index in [1.807, 2.05) is 24.3 Å². The Morgan fingerprint density at radius 1 is 1.38 bits per heavy atom. The van der Waals surface area contributed by atoms with Crippen LogP contribution in [0.1, 0.15) is 35.1 Å². The van der Waals surface area contributed by atoms with Gasteiger partial charge < -0.3 is 15.0 Å². The number of amides is 2. The van der Waals surface area contributed by atoms with E-state index in [0.717, 1.165) is 24.1 Å². The average molecular weight is 328 g/mol. The van der Waals surface area contributed by atoms with Gasteiger partial charge in [-0.25, -0.2) is 4.79 Å². The van der Waals surface area contributed by atoms with Gasteiger partial charge in [-0.3, -0.25) is 9.89 Å². The van der Waals surface area contributed by atoms with E-state index in [0.29, 0.717) is 31.1 Å². The van der Waals surface area contributed by atoms with Crippen LogP contribution in [0.4, 0.5) is 10.5 Å². The van der Waals surface area contributed by atoms with Crippen molar-refractivity contribution < 1.29 is 14.3 Å². The summed E-state index contributed by atoms with van der Waals surface area (Å²) in [5.41, 5.74) is 3.00. The normalized spacial score (nSPS) is 13.9. The highest BCUT2D eigenvalue weighted by Crippen LogP contribution is 2.15. The van der Waals surface area contributed by atoms with E-state index < -0.39 is 0 Å². The fourth-order valence-corrected chi connectivity index (χ4v) is 2.55. The van der Waals surface area contributed by atoms with E-state index >= 15 is 0 Å². The largest absolute Gasteiger partial charge is 0.448 e. The molecule has 126 valence electrons. The van der Waals surface area contributed by atoms with Crippen molar-refractivity contribution in [1.82, 2.24) is 15.1 Å². The quantitative estimate of drug-likeness (QED) is 0.853. The van der Waals surface area contributed by atoms with Crippen LogP contribution in [-0.4, -0.2) is 40.2 Å². The topological polar surface area (TPSA) is 87.3 Å². The summed E-state index contributed by atoms with van der Waals surface area (Å²) in [6.45, 7) is 3.63. The summed E-state index contributed by atoms with van der Waals surface area (Å²) in [5, 5.41) is 9.71. The lowest BCUT2D eigenvalue weighted by Gasteiger charge is -2.12. The van der Waals surface area contributed by atoms with Gasteiger partial charge in [0.1, 0.15) is 6.61 Å². The molecule has 1 fully saturated rings. The minimum absolute atomic E-state index is 0.246. The van der Waals surface area contributed by atoms with E-state index in [4.69, 9.17) is 4.74 Å². The molecule has 1 aromatic heterocycles. The SMILES string of the molecule is CCCc1cc(C(=O)Nc2ccc(CN3CCOC3=O)cc2)n[nH]1. The van der Waals surface area contributed by atoms with Crippen LogP contribution in [0.5, 0.6) is 0 Å². The standard InChI is InChI=1S/C17H20N4O3/c1-2-3-14-10-15(20-19-14)16(22)18-13-6-4-12(5-7-13)11-21-8-9-24-17(21)23/h4-7,10H,2-3,8-9,11H2,1H3,(H,18,22)(H,19,20). The van der Waals surface area contributed by atoms with Crippen LogP contribution < -0.4 is 5.32 Å². The molecule has 2 N–H and O–H groups in total. The third-order valence-electron chi connectivity index (χ3n) is 3.81. The lowest BCUT2D eigenvalue weighted by molar-refractivity contribution is 0.102. The summed E-state index contributed by atoms with van der Waals surface area (Å²) in [6.07, 6.45) is 1.58. The zero-order valence-corrected chi connectivity index (χ0v) is 13.5. The Bertz CT molecular complexity index is 724. The molecule has 2 heterocycles. The molecule has 7 nitrogen and oxygen atoms in total. The van der Waals surface area contributed by atoms with Crippen molar-refractivity contribution in [1.29, 1.82) is 0 Å². The van der Waals surface area contributed by atoms with Crippen molar-refractivity contribution in [2.45, 2.75) is 26.3 Å². The van der Waals surface area contributed by atoms with Crippen LogP contribution >= 0.6 is 0 Å². The maximum Gasteiger partial charge on any atom is 0.410 e. The van der Waals surface area contributed by atoms with Gasteiger partial charge in [0.2, 0.25) is 0 Å². The molecule has 7 heteroatoms. The van der Waals surface area contributed by atoms with E-state index in [2.05, 4.69) is 22.4 Å². The summed E-state index contributed by atoms with van der Waals surface area (Å²) >= 11 is 0. The highest BCUT2D eigenvalue weighted by atomic mass is 16.6. The first-order valence-electron chi connectivity index (χ1n) is 8.02. The highest BCUT2D eigenvalue weighted by molar-refractivity contribution is 6.02. The van der Waals surface area contributed by atoms with Crippen molar-refractivity contribution in [3.8, 4) is 0 Å². The molecular weight excluding hydrogens is 308 g/mol. The van der Waals surface area contributed by atoms with Crippen molar-refractivity contribution in [3.63, 3.8) is 0 Å². The lowest BCUT2D eigenvalue weighted by Crippen LogP contribution is -2.23. The van der Waals surface area contributed by atoms with Crippen molar-refractivity contribution in [2.24, 2.45) is 0 Å². The van der Waals surface area contributed by atoms with Gasteiger partial charge >= 0.3 is 6.09 Å². The number of nitrogens with zero attached hydrogens (tertiary/aromatic N) is 2. The third-order valence-corrected chi connectivity index (χ3v) is 3.81. The number of carbonyl (C=O) groups excluding carboxylic acids is 2. The number of benzene rings is 1. The maximum absolute atomic E-state index is 12.2. The van der Waals surface area contributed by atoms with Crippen LogP contribution in [0.2, 0.25) is 0 Å². The number of anilines is 1. The predicted octanol–water partition coefficient (Wildman–Crippen LogP) is 2.57. The summed E-state index contributed by atoms with van der Waals surface area (Å²) < 4.78 is 4.90. The van der Waals surface area contributed by atoms with Crippen LogP contribution in [0.25, 0.3) is 0 Å². The molecule has 24 heavy (non-hydrogen) atoms. The molecule has 0 saturated carbocycles. The minimum atomic E-state index is -0.284. The predicted molar refractivity (Wildman–Crippen MR) is 88.7 cm³/mol. The van der Waals surface area contributed by atoms with Crippen molar-refractivity contribution in [2.75, 3.05) is 18.5 Å². The molecule has 0 spiro atoms. The zero-order chi connectivity index (χ0) is 16.9. The Kier molecular flexibility index (Phi) is 4.79. The van der Waals surface area contributed by atoms with Gasteiger partial charge in [-0.05, 0) is 30.2 Å². The minimum Gasteiger partial charge on any atom is -0.448 e. The molecule has 0 atom stereocenters. The fourth-order valence-electron chi connectivity index (χ4n) is 2.55. The summed E-state index contributed by atoms with van der Waals surface area (Å²) in [6, 6.07) is 9.16. The number of ether oxygens (including phenoxy) is 1. The van der Waals surface area contributed by atoms with Crippen LogP contribution in [0, 0.1) is 0 Å². The van der Waals surface area contributed by atoms with Gasteiger partial charge in [-0.15, -0.1) is 0 Å². The molecule has 2 amide bonds. The number of cyclic esters (lactones) is 1. The molecular formula is C17H20N4O3. The first kappa shape index (κ1) is 16.0. The fraction of sp³-hybridized carbons (Fsp3) is 0.353. The molecule has 0 unspecified atom stereocenters. The second-order valence-electron chi connectivity index (χ2n) is 5.72. The summed E-state index contributed by atoms with van der Waals surface area (Å²) in [5.74, 6) is -0.246. The molecule has 1 aliphatic heterocycles. The summed E-state index contributed by atoms with van der Waals surface area (Å²) in [4.78, 5) is 25.3. The Balaban J connectivity index is 1.58. The van der Waals surface area contributed by atoms with Crippen molar-refractivity contribution >= 4 is 17.7 Å². The third kappa shape index (κ3) is 3.73. The zero-order valence-electron chi connectivity index (χ0n) is 13.5. The molecule has 1 aromatic carbocycles. The highest BCUT2D eigenvalue weighted by Gasteiger charge is 2.21. The number of aromatic nitrogens is 2. The summed E-state index contributed by atoms with van der Waals surface area (Å²) in [7, 11) is 0. The van der Waals surface area contributed by atoms with Gasteiger partial charge in [0.25, 0.3) is 5.91 Å². The number of carbonyl (C=O) groups is 2. The molecule has 2 aromatic rings. The van der Waals surface area contributed by atoms with E-state index in [1.54, 1.807) is 11.0 Å². The van der Waals surface area contributed by atoms with Crippen LogP contribution in [-0.2, 0) is 17.7 Å². The smallest absolute Gasteiger partial charge is 0.410 e. The second-order valence-corrected chi connectivity index (χ2v) is 5.72. The number of aromatic amines is 1. The lowest BCUT2D eigenvalue weighted by atomic mass is 10.2. The van der Waals surface area contributed by atoms with E-state index in [-0.39, 0.29) is 12.0 Å². The first-order valence-corrected chi connectivity index (χ1v) is 8.02. The Hall–Kier alpha value is -2.83. The van der Waals surface area contributed by atoms with E-state index in [1.165, 1.54) is 0 Å². The Morgan fingerprint density at radius 2 is 2.17 bits per heavy atom. The Labute approximate surface area is 140 Å². The number of H-pyrrole nitrogens is 1. The van der Waals surface area contributed by atoms with Gasteiger partial charge in [-0.2, -0.15) is 5.10 Å². The maximum atomic E-state index is 12.2. The van der Waals surface area contributed by atoms with Crippen LogP contribution in [0.15, 0.2) is 30.3 Å². The number of hydrogen-bond donors (Lipinski definition) is 2. The molecule has 0 aliphatic carbocycles.